The average Bonchev–Trinajstić information content (AvgIpc) is 3.24. The van der Waals surface area contributed by atoms with Gasteiger partial charge >= 0.3 is 0 Å². The molecule has 3 aromatic rings. The molecule has 0 atom stereocenters. The molecule has 0 aliphatic rings. The van der Waals surface area contributed by atoms with E-state index in [1.54, 1.807) is 24.3 Å². The van der Waals surface area contributed by atoms with E-state index in [2.05, 4.69) is 15.5 Å². The molecule has 1 N–H and O–H groups in total. The van der Waals surface area contributed by atoms with E-state index in [9.17, 15) is 10.1 Å². The molecule has 0 unspecified atom stereocenters. The number of amides is 1. The van der Waals surface area contributed by atoms with E-state index in [1.807, 2.05) is 31.2 Å². The Morgan fingerprint density at radius 3 is 2.74 bits per heavy atom. The van der Waals surface area contributed by atoms with Crippen molar-refractivity contribution in [2.75, 3.05) is 12.4 Å². The normalized spacial score (nSPS) is 11.0. The fourth-order valence-electron chi connectivity index (χ4n) is 2.59. The molecule has 9 heteroatoms. The molecule has 31 heavy (non-hydrogen) atoms. The zero-order valence-corrected chi connectivity index (χ0v) is 18.5. The summed E-state index contributed by atoms with van der Waals surface area (Å²) in [4.78, 5) is 12.4. The van der Waals surface area contributed by atoms with Crippen LogP contribution in [0, 0.1) is 11.3 Å². The number of rotatable bonds is 8. The summed E-state index contributed by atoms with van der Waals surface area (Å²) in [6, 6.07) is 14.5. The van der Waals surface area contributed by atoms with Crippen molar-refractivity contribution in [3.05, 3.63) is 69.2 Å². The smallest absolute Gasteiger partial charge is 0.268 e. The van der Waals surface area contributed by atoms with Gasteiger partial charge in [0, 0.05) is 10.6 Å². The van der Waals surface area contributed by atoms with E-state index in [4.69, 9.17) is 21.1 Å². The van der Waals surface area contributed by atoms with E-state index < -0.39 is 5.91 Å². The Kier molecular flexibility index (Phi) is 7.60. The molecular formula is C22H19ClN4O3S. The summed E-state index contributed by atoms with van der Waals surface area (Å²) >= 11 is 7.44. The lowest BCUT2D eigenvalue weighted by Gasteiger charge is -2.12. The lowest BCUT2D eigenvalue weighted by atomic mass is 10.1. The molecule has 3 rings (SSSR count). The molecule has 0 aliphatic carbocycles. The number of nitrogens with zero attached hydrogens (tertiary/aromatic N) is 3. The third kappa shape index (κ3) is 5.81. The largest absolute Gasteiger partial charge is 0.493 e. The molecule has 7 nitrogen and oxygen atoms in total. The second kappa shape index (κ2) is 10.6. The van der Waals surface area contributed by atoms with Crippen molar-refractivity contribution < 1.29 is 14.3 Å². The van der Waals surface area contributed by atoms with Crippen LogP contribution in [0.2, 0.25) is 5.02 Å². The number of hydrogen-bond donors (Lipinski definition) is 1. The van der Waals surface area contributed by atoms with E-state index in [0.29, 0.717) is 27.2 Å². The van der Waals surface area contributed by atoms with Crippen LogP contribution < -0.4 is 14.8 Å². The highest BCUT2D eigenvalue weighted by Crippen LogP contribution is 2.30. The number of aromatic nitrogens is 2. The van der Waals surface area contributed by atoms with Gasteiger partial charge in [-0.1, -0.05) is 54.1 Å². The van der Waals surface area contributed by atoms with Gasteiger partial charge in [-0.15, -0.1) is 10.2 Å². The van der Waals surface area contributed by atoms with Gasteiger partial charge in [-0.3, -0.25) is 10.1 Å². The van der Waals surface area contributed by atoms with Crippen molar-refractivity contribution in [1.29, 1.82) is 5.26 Å². The lowest BCUT2D eigenvalue weighted by molar-refractivity contribution is -0.112. The van der Waals surface area contributed by atoms with Gasteiger partial charge in [-0.25, -0.2) is 0 Å². The summed E-state index contributed by atoms with van der Waals surface area (Å²) < 4.78 is 11.2. The van der Waals surface area contributed by atoms with Crippen molar-refractivity contribution in [1.82, 2.24) is 10.2 Å². The highest BCUT2D eigenvalue weighted by molar-refractivity contribution is 7.15. The van der Waals surface area contributed by atoms with Crippen LogP contribution in [-0.2, 0) is 17.8 Å². The van der Waals surface area contributed by atoms with Crippen molar-refractivity contribution in [2.24, 2.45) is 0 Å². The topological polar surface area (TPSA) is 97.1 Å². The van der Waals surface area contributed by atoms with E-state index in [0.717, 1.165) is 17.0 Å². The summed E-state index contributed by atoms with van der Waals surface area (Å²) in [6.07, 6.45) is 2.19. The number of carbonyl (C=O) groups excluding carboxylic acids is 1. The number of anilines is 1. The number of halogens is 1. The highest BCUT2D eigenvalue weighted by atomic mass is 35.5. The minimum absolute atomic E-state index is 0.0694. The van der Waals surface area contributed by atoms with Crippen LogP contribution in [0.3, 0.4) is 0 Å². The third-order valence-corrected chi connectivity index (χ3v) is 5.55. The minimum Gasteiger partial charge on any atom is -0.493 e. The Morgan fingerprint density at radius 2 is 2.06 bits per heavy atom. The first-order chi connectivity index (χ1) is 15.0. The summed E-state index contributed by atoms with van der Waals surface area (Å²) in [5.74, 6) is 0.429. The molecular weight excluding hydrogens is 436 g/mol. The van der Waals surface area contributed by atoms with Gasteiger partial charge in [0.2, 0.25) is 5.13 Å². The van der Waals surface area contributed by atoms with Crippen molar-refractivity contribution in [3.63, 3.8) is 0 Å². The molecule has 0 radical (unpaired) electrons. The van der Waals surface area contributed by atoms with Gasteiger partial charge in [0.15, 0.2) is 11.5 Å². The maximum Gasteiger partial charge on any atom is 0.268 e. The number of carbonyl (C=O) groups is 1. The molecule has 0 spiro atoms. The van der Waals surface area contributed by atoms with Crippen LogP contribution in [0.25, 0.3) is 6.08 Å². The maximum atomic E-state index is 12.4. The Balaban J connectivity index is 1.75. The van der Waals surface area contributed by atoms with Crippen LogP contribution in [0.15, 0.2) is 48.0 Å². The number of hydrogen-bond acceptors (Lipinski definition) is 7. The van der Waals surface area contributed by atoms with Gasteiger partial charge in [0.05, 0.1) is 7.11 Å². The Labute approximate surface area is 188 Å². The summed E-state index contributed by atoms with van der Waals surface area (Å²) in [5, 5.41) is 21.6. The second-order valence-corrected chi connectivity index (χ2v) is 7.74. The molecule has 1 amide bonds. The van der Waals surface area contributed by atoms with Crippen LogP contribution in [-0.4, -0.2) is 23.2 Å². The standard InChI is InChI=1S/C22H19ClN4O3S/c1-3-20-26-27-22(31-20)25-21(28)16(12-24)10-14-8-9-18(19(11-14)29-2)30-13-15-6-4-5-7-17(15)23/h4-11H,3,13H2,1-2H3,(H,25,27,28). The maximum absolute atomic E-state index is 12.4. The first kappa shape index (κ1) is 22.3. The van der Waals surface area contributed by atoms with Crippen molar-refractivity contribution >= 4 is 40.1 Å². The summed E-state index contributed by atoms with van der Waals surface area (Å²) in [5.41, 5.74) is 1.39. The SMILES string of the molecule is CCc1nnc(NC(=O)C(C#N)=Cc2ccc(OCc3ccccc3Cl)c(OC)c2)s1. The second-order valence-electron chi connectivity index (χ2n) is 6.27. The third-order valence-electron chi connectivity index (χ3n) is 4.19. The lowest BCUT2D eigenvalue weighted by Crippen LogP contribution is -2.13. The quantitative estimate of drug-likeness (QED) is 0.384. The van der Waals surface area contributed by atoms with Gasteiger partial charge in [0.25, 0.3) is 5.91 Å². The molecule has 1 aromatic heterocycles. The molecule has 158 valence electrons. The molecule has 1 heterocycles. The first-order valence-corrected chi connectivity index (χ1v) is 10.5. The molecule has 0 fully saturated rings. The monoisotopic (exact) mass is 454 g/mol. The number of nitriles is 1. The van der Waals surface area contributed by atoms with E-state index in [1.165, 1.54) is 24.5 Å². The molecule has 2 aromatic carbocycles. The first-order valence-electron chi connectivity index (χ1n) is 9.33. The number of nitrogens with one attached hydrogen (secondary N) is 1. The minimum atomic E-state index is -0.556. The number of ether oxygens (including phenoxy) is 2. The number of benzene rings is 2. The average molecular weight is 455 g/mol. The Hall–Kier alpha value is -3.41. The summed E-state index contributed by atoms with van der Waals surface area (Å²) in [6.45, 7) is 2.22. The highest BCUT2D eigenvalue weighted by Gasteiger charge is 2.14. The zero-order chi connectivity index (χ0) is 22.2. The van der Waals surface area contributed by atoms with Crippen molar-refractivity contribution in [2.45, 2.75) is 20.0 Å². The van der Waals surface area contributed by atoms with Crippen LogP contribution in [0.1, 0.15) is 23.1 Å². The van der Waals surface area contributed by atoms with Gasteiger partial charge in [-0.05, 0) is 36.3 Å². The van der Waals surface area contributed by atoms with Crippen LogP contribution in [0.4, 0.5) is 5.13 Å². The van der Waals surface area contributed by atoms with Crippen molar-refractivity contribution in [3.8, 4) is 17.6 Å². The molecule has 0 bridgehead atoms. The molecule has 0 saturated carbocycles. The summed E-state index contributed by atoms with van der Waals surface area (Å²) in [7, 11) is 1.52. The fourth-order valence-corrected chi connectivity index (χ4v) is 3.46. The molecule has 0 saturated heterocycles. The predicted octanol–water partition coefficient (Wildman–Crippen LogP) is 4.89. The van der Waals surface area contributed by atoms with E-state index >= 15 is 0 Å². The Bertz CT molecular complexity index is 1150. The number of aryl methyl sites for hydroxylation is 1. The number of methoxy groups -OCH3 is 1. The van der Waals surface area contributed by atoms with Gasteiger partial charge < -0.3 is 9.47 Å². The van der Waals surface area contributed by atoms with Crippen LogP contribution in [0.5, 0.6) is 11.5 Å². The molecule has 0 aliphatic heterocycles. The van der Waals surface area contributed by atoms with Crippen LogP contribution >= 0.6 is 22.9 Å². The predicted molar refractivity (Wildman–Crippen MR) is 120 cm³/mol. The zero-order valence-electron chi connectivity index (χ0n) is 16.9. The van der Waals surface area contributed by atoms with E-state index in [-0.39, 0.29) is 12.2 Å². The fraction of sp³-hybridized carbons (Fsp3) is 0.182. The van der Waals surface area contributed by atoms with Gasteiger partial charge in [0.1, 0.15) is 23.3 Å². The Morgan fingerprint density at radius 1 is 1.26 bits per heavy atom. The van der Waals surface area contributed by atoms with Gasteiger partial charge in [-0.2, -0.15) is 5.26 Å².